The van der Waals surface area contributed by atoms with Gasteiger partial charge >= 0.3 is 0 Å². The lowest BCUT2D eigenvalue weighted by molar-refractivity contribution is 0.312. The molecule has 0 amide bonds. The number of nitrogens with zero attached hydrogens (tertiary/aromatic N) is 1. The van der Waals surface area contributed by atoms with E-state index in [4.69, 9.17) is 0 Å². The van der Waals surface area contributed by atoms with Gasteiger partial charge in [-0.3, -0.25) is 0 Å². The van der Waals surface area contributed by atoms with Crippen LogP contribution >= 0.6 is 0 Å². The highest BCUT2D eigenvalue weighted by Crippen LogP contribution is 2.23. The first-order valence-corrected chi connectivity index (χ1v) is 7.24. The number of hydrogen-bond acceptors (Lipinski definition) is 1. The number of hydrogen-bond donors (Lipinski definition) is 0. The van der Waals surface area contributed by atoms with E-state index in [1.165, 1.54) is 51.5 Å². The van der Waals surface area contributed by atoms with E-state index >= 15 is 0 Å². The van der Waals surface area contributed by atoms with Crippen LogP contribution in [-0.4, -0.2) is 25.5 Å². The Morgan fingerprint density at radius 2 is 1.69 bits per heavy atom. The van der Waals surface area contributed by atoms with E-state index in [1.807, 2.05) is 0 Å². The standard InChI is InChI=1S/C15H33N/c1-6-8-10-14(3)13-15(7-2)11-9-12-16(4)5/h14-15H,6-13H2,1-5H3. The largest absolute Gasteiger partial charge is 0.309 e. The summed E-state index contributed by atoms with van der Waals surface area (Å²) < 4.78 is 0. The fraction of sp³-hybridized carbons (Fsp3) is 1.00. The molecule has 0 N–H and O–H groups in total. The molecule has 0 rings (SSSR count). The van der Waals surface area contributed by atoms with Crippen LogP contribution < -0.4 is 0 Å². The van der Waals surface area contributed by atoms with E-state index in [2.05, 4.69) is 39.8 Å². The lowest BCUT2D eigenvalue weighted by Gasteiger charge is -2.20. The van der Waals surface area contributed by atoms with Crippen molar-refractivity contribution in [2.45, 2.75) is 65.7 Å². The van der Waals surface area contributed by atoms with Crippen LogP contribution in [0.2, 0.25) is 0 Å². The van der Waals surface area contributed by atoms with Crippen LogP contribution in [0, 0.1) is 11.8 Å². The van der Waals surface area contributed by atoms with Crippen molar-refractivity contribution in [3.8, 4) is 0 Å². The Morgan fingerprint density at radius 3 is 2.19 bits per heavy atom. The zero-order chi connectivity index (χ0) is 12.4. The smallest absolute Gasteiger partial charge is 0.00247 e. The molecule has 0 aliphatic heterocycles. The molecule has 0 aliphatic carbocycles. The molecule has 0 aromatic rings. The Hall–Kier alpha value is -0.0400. The molecule has 0 saturated heterocycles. The molecular formula is C15H33N. The quantitative estimate of drug-likeness (QED) is 0.528. The van der Waals surface area contributed by atoms with Crippen LogP contribution in [0.5, 0.6) is 0 Å². The minimum atomic E-state index is 0.934. The van der Waals surface area contributed by atoms with Gasteiger partial charge in [0.25, 0.3) is 0 Å². The molecule has 1 heteroatoms. The van der Waals surface area contributed by atoms with Crippen molar-refractivity contribution >= 4 is 0 Å². The summed E-state index contributed by atoms with van der Waals surface area (Å²) in [5.41, 5.74) is 0. The van der Waals surface area contributed by atoms with Crippen molar-refractivity contribution < 1.29 is 0 Å². The third-order valence-corrected chi connectivity index (χ3v) is 3.58. The highest BCUT2D eigenvalue weighted by atomic mass is 15.0. The predicted molar refractivity (Wildman–Crippen MR) is 74.9 cm³/mol. The zero-order valence-corrected chi connectivity index (χ0v) is 12.3. The first-order chi connectivity index (χ1) is 7.60. The summed E-state index contributed by atoms with van der Waals surface area (Å²) in [6, 6.07) is 0. The average molecular weight is 227 g/mol. The molecule has 0 saturated carbocycles. The first-order valence-electron chi connectivity index (χ1n) is 7.24. The average Bonchev–Trinajstić information content (AvgIpc) is 2.24. The van der Waals surface area contributed by atoms with E-state index in [0.29, 0.717) is 0 Å². The summed E-state index contributed by atoms with van der Waals surface area (Å²) in [5, 5.41) is 0. The van der Waals surface area contributed by atoms with Gasteiger partial charge in [0.2, 0.25) is 0 Å². The van der Waals surface area contributed by atoms with Crippen molar-refractivity contribution in [2.24, 2.45) is 11.8 Å². The van der Waals surface area contributed by atoms with E-state index in [9.17, 15) is 0 Å². The third kappa shape index (κ3) is 9.21. The van der Waals surface area contributed by atoms with Gasteiger partial charge in [-0.15, -0.1) is 0 Å². The summed E-state index contributed by atoms with van der Waals surface area (Å²) >= 11 is 0. The highest BCUT2D eigenvalue weighted by Gasteiger charge is 2.11. The van der Waals surface area contributed by atoms with Gasteiger partial charge in [-0.1, -0.05) is 46.5 Å². The van der Waals surface area contributed by atoms with Gasteiger partial charge in [-0.05, 0) is 51.7 Å². The molecule has 2 unspecified atom stereocenters. The third-order valence-electron chi connectivity index (χ3n) is 3.58. The van der Waals surface area contributed by atoms with Crippen molar-refractivity contribution in [2.75, 3.05) is 20.6 Å². The molecule has 0 aromatic heterocycles. The number of rotatable bonds is 10. The molecule has 0 fully saturated rings. The van der Waals surface area contributed by atoms with Gasteiger partial charge in [0.1, 0.15) is 0 Å². The molecule has 0 heterocycles. The summed E-state index contributed by atoms with van der Waals surface area (Å²) in [6.07, 6.45) is 9.79. The molecule has 1 nitrogen and oxygen atoms in total. The van der Waals surface area contributed by atoms with Gasteiger partial charge in [-0.2, -0.15) is 0 Å². The topological polar surface area (TPSA) is 3.24 Å². The Bertz CT molecular complexity index is 142. The summed E-state index contributed by atoms with van der Waals surface area (Å²) in [7, 11) is 4.34. The van der Waals surface area contributed by atoms with Crippen LogP contribution in [0.4, 0.5) is 0 Å². The van der Waals surface area contributed by atoms with Crippen LogP contribution in [0.1, 0.15) is 65.7 Å². The normalized spacial score (nSPS) is 15.4. The predicted octanol–water partition coefficient (Wildman–Crippen LogP) is 4.57. The highest BCUT2D eigenvalue weighted by molar-refractivity contribution is 4.63. The van der Waals surface area contributed by atoms with E-state index in [-0.39, 0.29) is 0 Å². The molecule has 0 radical (unpaired) electrons. The first kappa shape index (κ1) is 16.0. The van der Waals surface area contributed by atoms with Crippen molar-refractivity contribution in [1.29, 1.82) is 0 Å². The minimum absolute atomic E-state index is 0.934. The van der Waals surface area contributed by atoms with Gasteiger partial charge < -0.3 is 4.90 Å². The fourth-order valence-corrected chi connectivity index (χ4v) is 2.42. The second-order valence-corrected chi connectivity index (χ2v) is 5.70. The van der Waals surface area contributed by atoms with Crippen LogP contribution in [-0.2, 0) is 0 Å². The SMILES string of the molecule is CCCCC(C)CC(CC)CCCN(C)C. The van der Waals surface area contributed by atoms with E-state index in [0.717, 1.165) is 11.8 Å². The second kappa shape index (κ2) is 10.1. The van der Waals surface area contributed by atoms with Crippen LogP contribution in [0.15, 0.2) is 0 Å². The van der Waals surface area contributed by atoms with E-state index in [1.54, 1.807) is 0 Å². The van der Waals surface area contributed by atoms with E-state index < -0.39 is 0 Å². The molecule has 0 spiro atoms. The summed E-state index contributed by atoms with van der Waals surface area (Å²) in [5.74, 6) is 1.90. The molecule has 0 bridgehead atoms. The zero-order valence-electron chi connectivity index (χ0n) is 12.3. The molecule has 0 aromatic carbocycles. The molecule has 2 atom stereocenters. The maximum absolute atomic E-state index is 2.43. The maximum Gasteiger partial charge on any atom is -0.00247 e. The van der Waals surface area contributed by atoms with Crippen molar-refractivity contribution in [3.05, 3.63) is 0 Å². The Kier molecular flexibility index (Phi) is 10.1. The molecule has 0 aliphatic rings. The Morgan fingerprint density at radius 1 is 1.00 bits per heavy atom. The van der Waals surface area contributed by atoms with Crippen molar-refractivity contribution in [3.63, 3.8) is 0 Å². The maximum atomic E-state index is 2.43. The van der Waals surface area contributed by atoms with Crippen LogP contribution in [0.25, 0.3) is 0 Å². The molecular weight excluding hydrogens is 194 g/mol. The van der Waals surface area contributed by atoms with Gasteiger partial charge in [0, 0.05) is 0 Å². The van der Waals surface area contributed by atoms with Crippen LogP contribution in [0.3, 0.4) is 0 Å². The lowest BCUT2D eigenvalue weighted by atomic mass is 9.87. The van der Waals surface area contributed by atoms with Gasteiger partial charge in [-0.25, -0.2) is 0 Å². The molecule has 98 valence electrons. The Balaban J connectivity index is 3.64. The van der Waals surface area contributed by atoms with Gasteiger partial charge in [0.05, 0.1) is 0 Å². The fourth-order valence-electron chi connectivity index (χ4n) is 2.42. The summed E-state index contributed by atoms with van der Waals surface area (Å²) in [4.78, 5) is 2.30. The Labute approximate surface area is 104 Å². The summed E-state index contributed by atoms with van der Waals surface area (Å²) in [6.45, 7) is 8.33. The number of unbranched alkanes of at least 4 members (excludes halogenated alkanes) is 1. The second-order valence-electron chi connectivity index (χ2n) is 5.70. The van der Waals surface area contributed by atoms with Crippen molar-refractivity contribution in [1.82, 2.24) is 4.90 Å². The van der Waals surface area contributed by atoms with Gasteiger partial charge in [0.15, 0.2) is 0 Å². The monoisotopic (exact) mass is 227 g/mol. The molecule has 16 heavy (non-hydrogen) atoms. The minimum Gasteiger partial charge on any atom is -0.309 e. The lowest BCUT2D eigenvalue weighted by Crippen LogP contribution is -2.15.